The van der Waals surface area contributed by atoms with Crippen molar-refractivity contribution in [3.63, 3.8) is 0 Å². The van der Waals surface area contributed by atoms with Crippen LogP contribution in [0.1, 0.15) is 22.9 Å². The monoisotopic (exact) mass is 339 g/mol. The van der Waals surface area contributed by atoms with Gasteiger partial charge in [0.2, 0.25) is 0 Å². The number of nitrogens with zero attached hydrogens (tertiary/aromatic N) is 1. The second kappa shape index (κ2) is 6.48. The van der Waals surface area contributed by atoms with Crippen LogP contribution in [0.5, 0.6) is 0 Å². The zero-order valence-corrected chi connectivity index (χ0v) is 12.9. The van der Waals surface area contributed by atoms with Crippen molar-refractivity contribution in [2.24, 2.45) is 5.84 Å². The second-order valence-electron chi connectivity index (χ2n) is 4.39. The molecule has 0 fully saturated rings. The normalized spacial score (nSPS) is 12.4. The average molecular weight is 341 g/mol. The Balaban J connectivity index is 2.24. The summed E-state index contributed by atoms with van der Waals surface area (Å²) in [5.41, 5.74) is 6.07. The van der Waals surface area contributed by atoms with E-state index in [4.69, 9.17) is 17.4 Å². The van der Waals surface area contributed by atoms with Gasteiger partial charge in [0.05, 0.1) is 6.04 Å². The van der Waals surface area contributed by atoms with Crippen molar-refractivity contribution in [2.45, 2.75) is 19.4 Å². The number of halogens is 2. The molecule has 5 heteroatoms. The van der Waals surface area contributed by atoms with Crippen LogP contribution in [0.25, 0.3) is 0 Å². The van der Waals surface area contributed by atoms with Gasteiger partial charge in [-0.2, -0.15) is 0 Å². The maximum absolute atomic E-state index is 6.05. The first kappa shape index (κ1) is 14.5. The van der Waals surface area contributed by atoms with Crippen molar-refractivity contribution in [1.29, 1.82) is 0 Å². The molecule has 0 radical (unpaired) electrons. The SMILES string of the molecule is Cc1ccc(Cl)cc1C(Cc1ccc(Br)cn1)NN. The summed E-state index contributed by atoms with van der Waals surface area (Å²) in [6.07, 6.45) is 2.50. The Morgan fingerprint density at radius 1 is 1.37 bits per heavy atom. The van der Waals surface area contributed by atoms with E-state index in [-0.39, 0.29) is 6.04 Å². The fourth-order valence-corrected chi connectivity index (χ4v) is 2.40. The van der Waals surface area contributed by atoms with Crippen LogP contribution in [-0.4, -0.2) is 4.98 Å². The molecule has 0 amide bonds. The summed E-state index contributed by atoms with van der Waals surface area (Å²) in [5.74, 6) is 5.67. The zero-order valence-electron chi connectivity index (χ0n) is 10.5. The van der Waals surface area contributed by atoms with Gasteiger partial charge in [0.1, 0.15) is 0 Å². The van der Waals surface area contributed by atoms with Gasteiger partial charge < -0.3 is 0 Å². The highest BCUT2D eigenvalue weighted by Crippen LogP contribution is 2.24. The number of hydrogen-bond acceptors (Lipinski definition) is 3. The van der Waals surface area contributed by atoms with Gasteiger partial charge in [-0.05, 0) is 58.2 Å². The molecular weight excluding hydrogens is 326 g/mol. The van der Waals surface area contributed by atoms with E-state index in [1.807, 2.05) is 37.3 Å². The molecular formula is C14H15BrClN3. The van der Waals surface area contributed by atoms with Gasteiger partial charge in [-0.25, -0.2) is 0 Å². The maximum Gasteiger partial charge on any atom is 0.0518 e. The maximum atomic E-state index is 6.05. The standard InChI is InChI=1S/C14H15BrClN3/c1-9-2-4-11(16)6-13(9)14(19-17)7-12-5-3-10(15)8-18-12/h2-6,8,14,19H,7,17H2,1H3. The lowest BCUT2D eigenvalue weighted by molar-refractivity contribution is 0.543. The largest absolute Gasteiger partial charge is 0.271 e. The third kappa shape index (κ3) is 3.76. The summed E-state index contributed by atoms with van der Waals surface area (Å²) < 4.78 is 0.965. The fourth-order valence-electron chi connectivity index (χ4n) is 1.98. The molecule has 100 valence electrons. The molecule has 3 nitrogen and oxygen atoms in total. The Bertz CT molecular complexity index is 557. The number of nitrogens with two attached hydrogens (primary N) is 1. The third-order valence-electron chi connectivity index (χ3n) is 3.02. The quantitative estimate of drug-likeness (QED) is 0.661. The molecule has 0 aliphatic heterocycles. The first-order valence-corrected chi connectivity index (χ1v) is 7.10. The first-order chi connectivity index (χ1) is 9.10. The molecule has 0 aliphatic carbocycles. The van der Waals surface area contributed by atoms with Crippen molar-refractivity contribution >= 4 is 27.5 Å². The highest BCUT2D eigenvalue weighted by atomic mass is 79.9. The molecule has 0 saturated carbocycles. The minimum absolute atomic E-state index is 0.00706. The van der Waals surface area contributed by atoms with E-state index in [2.05, 4.69) is 26.3 Å². The summed E-state index contributed by atoms with van der Waals surface area (Å²) in [5, 5.41) is 0.713. The molecule has 0 bridgehead atoms. The number of aromatic nitrogens is 1. The Kier molecular flexibility index (Phi) is 4.93. The van der Waals surface area contributed by atoms with E-state index >= 15 is 0 Å². The molecule has 1 aromatic carbocycles. The van der Waals surface area contributed by atoms with Crippen molar-refractivity contribution in [3.8, 4) is 0 Å². The third-order valence-corrected chi connectivity index (χ3v) is 3.72. The predicted octanol–water partition coefficient (Wildman–Crippen LogP) is 3.55. The molecule has 1 atom stereocenters. The van der Waals surface area contributed by atoms with Crippen LogP contribution in [-0.2, 0) is 6.42 Å². The summed E-state index contributed by atoms with van der Waals surface area (Å²) >= 11 is 9.43. The Morgan fingerprint density at radius 2 is 2.16 bits per heavy atom. The number of rotatable bonds is 4. The molecule has 19 heavy (non-hydrogen) atoms. The molecule has 1 unspecified atom stereocenters. The number of benzene rings is 1. The van der Waals surface area contributed by atoms with Gasteiger partial charge >= 0.3 is 0 Å². The van der Waals surface area contributed by atoms with E-state index in [1.165, 1.54) is 0 Å². The topological polar surface area (TPSA) is 50.9 Å². The van der Waals surface area contributed by atoms with Crippen LogP contribution < -0.4 is 11.3 Å². The minimum atomic E-state index is -0.00706. The molecule has 1 heterocycles. The lowest BCUT2D eigenvalue weighted by Crippen LogP contribution is -2.30. The van der Waals surface area contributed by atoms with Crippen molar-refractivity contribution in [3.05, 3.63) is 62.8 Å². The molecule has 2 rings (SSSR count). The molecule has 0 aliphatic rings. The van der Waals surface area contributed by atoms with Gasteiger partial charge in [-0.15, -0.1) is 0 Å². The summed E-state index contributed by atoms with van der Waals surface area (Å²) in [6.45, 7) is 2.05. The van der Waals surface area contributed by atoms with Crippen LogP contribution in [0.15, 0.2) is 41.0 Å². The van der Waals surface area contributed by atoms with Crippen LogP contribution in [0.4, 0.5) is 0 Å². The van der Waals surface area contributed by atoms with E-state index in [0.29, 0.717) is 11.4 Å². The zero-order chi connectivity index (χ0) is 13.8. The van der Waals surface area contributed by atoms with E-state index < -0.39 is 0 Å². The van der Waals surface area contributed by atoms with Crippen molar-refractivity contribution < 1.29 is 0 Å². The fraction of sp³-hybridized carbons (Fsp3) is 0.214. The lowest BCUT2D eigenvalue weighted by atomic mass is 9.98. The highest BCUT2D eigenvalue weighted by Gasteiger charge is 2.14. The number of pyridine rings is 1. The summed E-state index contributed by atoms with van der Waals surface area (Å²) in [6, 6.07) is 9.77. The molecule has 2 aromatic rings. The summed E-state index contributed by atoms with van der Waals surface area (Å²) in [7, 11) is 0. The van der Waals surface area contributed by atoms with E-state index in [0.717, 1.165) is 21.3 Å². The average Bonchev–Trinajstić information content (AvgIpc) is 2.41. The van der Waals surface area contributed by atoms with Gasteiger partial charge in [0, 0.05) is 27.8 Å². The van der Waals surface area contributed by atoms with Crippen molar-refractivity contribution in [2.75, 3.05) is 0 Å². The number of hydrogen-bond donors (Lipinski definition) is 2. The summed E-state index contributed by atoms with van der Waals surface area (Å²) in [4.78, 5) is 4.37. The van der Waals surface area contributed by atoms with Gasteiger partial charge in [-0.1, -0.05) is 17.7 Å². The number of nitrogens with one attached hydrogen (secondary N) is 1. The second-order valence-corrected chi connectivity index (χ2v) is 5.74. The Labute approximate surface area is 126 Å². The molecule has 1 aromatic heterocycles. The molecule has 3 N–H and O–H groups in total. The lowest BCUT2D eigenvalue weighted by Gasteiger charge is -2.18. The van der Waals surface area contributed by atoms with E-state index in [1.54, 1.807) is 6.20 Å². The molecule has 0 spiro atoms. The number of aryl methyl sites for hydroxylation is 1. The van der Waals surface area contributed by atoms with Crippen LogP contribution in [0.3, 0.4) is 0 Å². The Hall–Kier alpha value is -0.940. The minimum Gasteiger partial charge on any atom is -0.271 e. The first-order valence-electron chi connectivity index (χ1n) is 5.92. The highest BCUT2D eigenvalue weighted by molar-refractivity contribution is 9.10. The van der Waals surface area contributed by atoms with Crippen LogP contribution in [0, 0.1) is 6.92 Å². The Morgan fingerprint density at radius 3 is 2.79 bits per heavy atom. The van der Waals surface area contributed by atoms with Crippen LogP contribution >= 0.6 is 27.5 Å². The smallest absolute Gasteiger partial charge is 0.0518 e. The predicted molar refractivity (Wildman–Crippen MR) is 81.9 cm³/mol. The van der Waals surface area contributed by atoms with Gasteiger partial charge in [0.15, 0.2) is 0 Å². The van der Waals surface area contributed by atoms with Crippen molar-refractivity contribution in [1.82, 2.24) is 10.4 Å². The molecule has 0 saturated heterocycles. The van der Waals surface area contributed by atoms with Crippen LogP contribution in [0.2, 0.25) is 5.02 Å². The van der Waals surface area contributed by atoms with Gasteiger partial charge in [-0.3, -0.25) is 16.3 Å². The van der Waals surface area contributed by atoms with Gasteiger partial charge in [0.25, 0.3) is 0 Å². The van der Waals surface area contributed by atoms with E-state index in [9.17, 15) is 0 Å². The number of hydrazine groups is 1.